The fraction of sp³-hybridized carbons (Fsp3) is 0.474. The third-order valence-corrected chi connectivity index (χ3v) is 5.59. The first-order chi connectivity index (χ1) is 12.1. The molecule has 1 aliphatic carbocycles. The monoisotopic (exact) mass is 341 g/mol. The second kappa shape index (κ2) is 5.39. The lowest BCUT2D eigenvalue weighted by Crippen LogP contribution is -2.45. The van der Waals surface area contributed by atoms with Crippen molar-refractivity contribution < 1.29 is 13.9 Å². The Hall–Kier alpha value is -2.21. The van der Waals surface area contributed by atoms with Gasteiger partial charge in [0.1, 0.15) is 23.8 Å². The molecule has 3 heterocycles. The summed E-state index contributed by atoms with van der Waals surface area (Å²) in [7, 11) is 0. The quantitative estimate of drug-likeness (QED) is 0.844. The van der Waals surface area contributed by atoms with Crippen LogP contribution in [-0.2, 0) is 22.7 Å². The van der Waals surface area contributed by atoms with Gasteiger partial charge in [-0.1, -0.05) is 0 Å². The molecule has 1 amide bonds. The van der Waals surface area contributed by atoms with Crippen LogP contribution in [0.4, 0.5) is 4.39 Å². The van der Waals surface area contributed by atoms with E-state index in [1.54, 1.807) is 12.1 Å². The predicted octanol–water partition coefficient (Wildman–Crippen LogP) is 2.60. The minimum atomic E-state index is -0.326. The molecule has 3 aliphatic rings. The highest BCUT2D eigenvalue weighted by Crippen LogP contribution is 2.38. The molecule has 1 atom stereocenters. The number of ether oxygens (including phenoxy) is 1. The lowest BCUT2D eigenvalue weighted by atomic mass is 10.0. The first kappa shape index (κ1) is 15.1. The van der Waals surface area contributed by atoms with E-state index in [-0.39, 0.29) is 23.2 Å². The number of hydrogen-bond donors (Lipinski definition) is 0. The van der Waals surface area contributed by atoms with E-state index in [2.05, 4.69) is 9.55 Å². The first-order valence-electron chi connectivity index (χ1n) is 8.87. The van der Waals surface area contributed by atoms with Crippen LogP contribution in [0, 0.1) is 11.7 Å². The molecule has 130 valence electrons. The van der Waals surface area contributed by atoms with Gasteiger partial charge < -0.3 is 14.2 Å². The average Bonchev–Trinajstić information content (AvgIpc) is 3.28. The van der Waals surface area contributed by atoms with E-state index in [0.717, 1.165) is 42.9 Å². The minimum Gasteiger partial charge on any atom is -0.363 e. The fourth-order valence-corrected chi connectivity index (χ4v) is 3.98. The van der Waals surface area contributed by atoms with Crippen LogP contribution in [0.15, 0.2) is 30.5 Å². The van der Waals surface area contributed by atoms with E-state index in [1.165, 1.54) is 12.1 Å². The number of rotatable bonds is 2. The van der Waals surface area contributed by atoms with Crippen molar-refractivity contribution in [2.45, 2.75) is 38.0 Å². The average molecular weight is 341 g/mol. The molecule has 1 spiro atoms. The molecule has 0 radical (unpaired) electrons. The molecule has 1 saturated heterocycles. The minimum absolute atomic E-state index is 0.244. The van der Waals surface area contributed by atoms with Crippen molar-refractivity contribution in [2.75, 3.05) is 13.1 Å². The van der Waals surface area contributed by atoms with Crippen molar-refractivity contribution in [1.29, 1.82) is 0 Å². The largest absolute Gasteiger partial charge is 0.363 e. The Labute approximate surface area is 145 Å². The summed E-state index contributed by atoms with van der Waals surface area (Å²) in [5, 5.41) is 0. The summed E-state index contributed by atoms with van der Waals surface area (Å²) in [6, 6.07) is 6.49. The van der Waals surface area contributed by atoms with Gasteiger partial charge >= 0.3 is 0 Å². The third kappa shape index (κ3) is 2.56. The summed E-state index contributed by atoms with van der Waals surface area (Å²) in [4.78, 5) is 18.8. The molecular formula is C19H20FN3O2. The molecule has 0 unspecified atom stereocenters. The van der Waals surface area contributed by atoms with Crippen LogP contribution in [0.5, 0.6) is 0 Å². The van der Waals surface area contributed by atoms with Crippen molar-refractivity contribution >= 4 is 5.91 Å². The Kier molecular flexibility index (Phi) is 3.25. The van der Waals surface area contributed by atoms with Crippen LogP contribution < -0.4 is 0 Å². The van der Waals surface area contributed by atoms with Gasteiger partial charge in [-0.25, -0.2) is 9.37 Å². The summed E-state index contributed by atoms with van der Waals surface area (Å²) < 4.78 is 21.6. The zero-order valence-corrected chi connectivity index (χ0v) is 13.9. The summed E-state index contributed by atoms with van der Waals surface area (Å²) in [6.45, 7) is 2.56. The Balaban J connectivity index is 1.41. The Morgan fingerprint density at radius 3 is 2.80 bits per heavy atom. The molecule has 5 nitrogen and oxygen atoms in total. The summed E-state index contributed by atoms with van der Waals surface area (Å²) in [5.74, 6) is 1.18. The number of amides is 1. The molecule has 2 fully saturated rings. The second-order valence-corrected chi connectivity index (χ2v) is 7.41. The maximum Gasteiger partial charge on any atom is 0.225 e. The van der Waals surface area contributed by atoms with Crippen LogP contribution in [-0.4, -0.2) is 39.0 Å². The summed E-state index contributed by atoms with van der Waals surface area (Å²) in [5.41, 5.74) is 1.60. The lowest BCUT2D eigenvalue weighted by molar-refractivity contribution is -0.134. The maximum atomic E-state index is 13.2. The molecule has 6 heteroatoms. The van der Waals surface area contributed by atoms with Gasteiger partial charge in [0.2, 0.25) is 5.91 Å². The van der Waals surface area contributed by atoms with Gasteiger partial charge in [0.15, 0.2) is 0 Å². The van der Waals surface area contributed by atoms with Crippen LogP contribution in [0.2, 0.25) is 0 Å². The third-order valence-electron chi connectivity index (χ3n) is 5.59. The van der Waals surface area contributed by atoms with Gasteiger partial charge in [0.25, 0.3) is 0 Å². The number of fused-ring (bicyclic) bond motifs is 1. The van der Waals surface area contributed by atoms with Gasteiger partial charge in [-0.2, -0.15) is 0 Å². The molecule has 25 heavy (non-hydrogen) atoms. The lowest BCUT2D eigenvalue weighted by Gasteiger charge is -2.35. The summed E-state index contributed by atoms with van der Waals surface area (Å²) in [6.07, 6.45) is 4.74. The standard InChI is InChI=1S/C19H20FN3O2/c20-15-5-3-13(4-6-15)16-9-21-17-10-25-19(12-23(16)17)7-8-22(11-19)18(24)14-1-2-14/h3-6,9,14H,1-2,7-8,10-12H2/t19-/m0/s1. The normalized spacial score (nSPS) is 25.4. The molecule has 2 aliphatic heterocycles. The number of hydrogen-bond acceptors (Lipinski definition) is 3. The molecular weight excluding hydrogens is 321 g/mol. The van der Waals surface area contributed by atoms with E-state index in [1.807, 2.05) is 11.1 Å². The van der Waals surface area contributed by atoms with E-state index < -0.39 is 0 Å². The molecule has 0 bridgehead atoms. The van der Waals surface area contributed by atoms with Gasteiger partial charge in [0, 0.05) is 12.5 Å². The van der Waals surface area contributed by atoms with Crippen molar-refractivity contribution in [1.82, 2.24) is 14.5 Å². The number of carbonyl (C=O) groups excluding carboxylic acids is 1. The topological polar surface area (TPSA) is 47.4 Å². The zero-order chi connectivity index (χ0) is 17.0. The highest BCUT2D eigenvalue weighted by Gasteiger charge is 2.46. The Morgan fingerprint density at radius 1 is 1.24 bits per heavy atom. The Bertz CT molecular complexity index is 828. The second-order valence-electron chi connectivity index (χ2n) is 7.41. The van der Waals surface area contributed by atoms with Gasteiger partial charge in [0.05, 0.1) is 25.0 Å². The van der Waals surface area contributed by atoms with Crippen LogP contribution in [0.3, 0.4) is 0 Å². The predicted molar refractivity (Wildman–Crippen MR) is 89.1 cm³/mol. The number of carbonyl (C=O) groups is 1. The van der Waals surface area contributed by atoms with E-state index in [4.69, 9.17) is 4.74 Å². The summed E-state index contributed by atoms with van der Waals surface area (Å²) >= 11 is 0. The van der Waals surface area contributed by atoms with Crippen molar-refractivity contribution in [3.8, 4) is 11.3 Å². The highest BCUT2D eigenvalue weighted by molar-refractivity contribution is 5.81. The van der Waals surface area contributed by atoms with Crippen LogP contribution in [0.1, 0.15) is 25.1 Å². The fourth-order valence-electron chi connectivity index (χ4n) is 3.98. The highest BCUT2D eigenvalue weighted by atomic mass is 19.1. The molecule has 2 aromatic rings. The van der Waals surface area contributed by atoms with E-state index >= 15 is 0 Å². The van der Waals surface area contributed by atoms with Crippen molar-refractivity contribution in [3.05, 3.63) is 42.1 Å². The van der Waals surface area contributed by atoms with Crippen molar-refractivity contribution in [2.24, 2.45) is 5.92 Å². The zero-order valence-electron chi connectivity index (χ0n) is 13.9. The van der Waals surface area contributed by atoms with Crippen LogP contribution >= 0.6 is 0 Å². The number of aromatic nitrogens is 2. The van der Waals surface area contributed by atoms with E-state index in [9.17, 15) is 9.18 Å². The van der Waals surface area contributed by atoms with Crippen molar-refractivity contribution in [3.63, 3.8) is 0 Å². The number of benzene rings is 1. The number of nitrogens with zero attached hydrogens (tertiary/aromatic N) is 3. The molecule has 1 aromatic heterocycles. The SMILES string of the molecule is O=C(C1CC1)N1CC[C@]2(C1)Cn1c(-c3ccc(F)cc3)cnc1CO2. The van der Waals surface area contributed by atoms with Crippen LogP contribution in [0.25, 0.3) is 11.3 Å². The number of imidazole rings is 1. The smallest absolute Gasteiger partial charge is 0.225 e. The molecule has 0 N–H and O–H groups in total. The maximum absolute atomic E-state index is 13.2. The molecule has 5 rings (SSSR count). The van der Waals surface area contributed by atoms with Gasteiger partial charge in [-0.05, 0) is 49.1 Å². The molecule has 1 saturated carbocycles. The number of halogens is 1. The Morgan fingerprint density at radius 2 is 2.04 bits per heavy atom. The number of likely N-dealkylation sites (tertiary alicyclic amines) is 1. The van der Waals surface area contributed by atoms with Gasteiger partial charge in [-0.3, -0.25) is 4.79 Å². The first-order valence-corrected chi connectivity index (χ1v) is 8.87. The van der Waals surface area contributed by atoms with Gasteiger partial charge in [-0.15, -0.1) is 0 Å². The van der Waals surface area contributed by atoms with E-state index in [0.29, 0.717) is 19.7 Å². The molecule has 1 aromatic carbocycles.